The summed E-state index contributed by atoms with van der Waals surface area (Å²) in [5.74, 6) is 0.141. The molecule has 0 heterocycles. The zero-order valence-electron chi connectivity index (χ0n) is 15.5. The zero-order valence-corrected chi connectivity index (χ0v) is 16.4. The maximum Gasteiger partial charge on any atom is 0.338 e. The van der Waals surface area contributed by atoms with Crippen LogP contribution < -0.4 is 4.74 Å². The van der Waals surface area contributed by atoms with Crippen molar-refractivity contribution in [3.05, 3.63) is 42.0 Å². The Hall–Kier alpha value is -1.67. The van der Waals surface area contributed by atoms with Crippen LogP contribution in [0.1, 0.15) is 26.3 Å². The number of ether oxygens (including phenoxy) is 1. The van der Waals surface area contributed by atoms with Crippen LogP contribution in [0.5, 0.6) is 5.75 Å². The summed E-state index contributed by atoms with van der Waals surface area (Å²) in [5, 5.41) is 0. The summed E-state index contributed by atoms with van der Waals surface area (Å²) in [6, 6.07) is 7.27. The molecule has 0 aliphatic carbocycles. The molecule has 132 valence electrons. The number of carbonyl (C=O) groups excluding carboxylic acids is 2. The average molecular weight is 350 g/mol. The van der Waals surface area contributed by atoms with Gasteiger partial charge < -0.3 is 9.64 Å². The Bertz CT molecular complexity index is 593. The van der Waals surface area contributed by atoms with Gasteiger partial charge in [0.15, 0.2) is 0 Å². The molecule has 0 unspecified atom stereocenters. The van der Waals surface area contributed by atoms with Crippen molar-refractivity contribution in [3.63, 3.8) is 0 Å². The first-order valence-electron chi connectivity index (χ1n) is 8.19. The molecule has 5 heteroatoms. The second-order valence-corrected chi connectivity index (χ2v) is 11.7. The summed E-state index contributed by atoms with van der Waals surface area (Å²) in [4.78, 5) is 25.3. The van der Waals surface area contributed by atoms with Gasteiger partial charge in [-0.25, -0.2) is 4.79 Å². The normalized spacial score (nSPS) is 11.0. The van der Waals surface area contributed by atoms with E-state index in [-0.39, 0.29) is 5.91 Å². The SMILES string of the molecule is C=C(C)C(=O)Oc1ccc(CN(CC[P+](C)(C)CC)C(C)=O)cc1. The molecule has 0 saturated carbocycles. The first kappa shape index (κ1) is 20.4. The fourth-order valence-electron chi connectivity index (χ4n) is 1.97. The van der Waals surface area contributed by atoms with Gasteiger partial charge in [0.05, 0.1) is 18.9 Å². The second kappa shape index (κ2) is 8.98. The number of amides is 1. The number of hydrogen-bond donors (Lipinski definition) is 0. The minimum Gasteiger partial charge on any atom is -0.423 e. The minimum absolute atomic E-state index is 0.0869. The van der Waals surface area contributed by atoms with Gasteiger partial charge in [0.25, 0.3) is 0 Å². The molecule has 0 bridgehead atoms. The third-order valence-corrected chi connectivity index (χ3v) is 7.26. The fraction of sp³-hybridized carbons (Fsp3) is 0.474. The van der Waals surface area contributed by atoms with E-state index in [2.05, 4.69) is 26.8 Å². The van der Waals surface area contributed by atoms with Crippen LogP contribution >= 0.6 is 7.26 Å². The fourth-order valence-corrected chi connectivity index (χ4v) is 3.07. The van der Waals surface area contributed by atoms with E-state index in [0.29, 0.717) is 17.9 Å². The van der Waals surface area contributed by atoms with Gasteiger partial charge in [-0.05, 0) is 31.5 Å². The highest BCUT2D eigenvalue weighted by Crippen LogP contribution is 2.50. The lowest BCUT2D eigenvalue weighted by Gasteiger charge is -2.24. The Kier molecular flexibility index (Phi) is 7.62. The maximum absolute atomic E-state index is 11.9. The molecule has 0 aliphatic rings. The molecule has 1 rings (SSSR count). The zero-order chi connectivity index (χ0) is 18.3. The molecule has 0 N–H and O–H groups in total. The van der Waals surface area contributed by atoms with E-state index < -0.39 is 13.2 Å². The Labute approximate surface area is 146 Å². The first-order chi connectivity index (χ1) is 11.1. The molecule has 0 fully saturated rings. The van der Waals surface area contributed by atoms with E-state index >= 15 is 0 Å². The van der Waals surface area contributed by atoms with Crippen molar-refractivity contribution in [1.82, 2.24) is 4.90 Å². The largest absolute Gasteiger partial charge is 0.423 e. The van der Waals surface area contributed by atoms with Gasteiger partial charge in [-0.1, -0.05) is 18.7 Å². The Morgan fingerprint density at radius 2 is 1.75 bits per heavy atom. The quantitative estimate of drug-likeness (QED) is 0.310. The lowest BCUT2D eigenvalue weighted by Crippen LogP contribution is -2.31. The molecule has 0 aromatic heterocycles. The van der Waals surface area contributed by atoms with Crippen LogP contribution in [0, 0.1) is 0 Å². The van der Waals surface area contributed by atoms with Crippen molar-refractivity contribution in [3.8, 4) is 5.75 Å². The van der Waals surface area contributed by atoms with Crippen LogP contribution in [0.3, 0.4) is 0 Å². The number of rotatable bonds is 8. The lowest BCUT2D eigenvalue weighted by atomic mass is 10.2. The highest BCUT2D eigenvalue weighted by Gasteiger charge is 2.24. The van der Waals surface area contributed by atoms with Gasteiger partial charge in [-0.15, -0.1) is 0 Å². The van der Waals surface area contributed by atoms with E-state index in [9.17, 15) is 9.59 Å². The summed E-state index contributed by atoms with van der Waals surface area (Å²) >= 11 is 0. The van der Waals surface area contributed by atoms with E-state index in [1.54, 1.807) is 26.0 Å². The summed E-state index contributed by atoms with van der Waals surface area (Å²) < 4.78 is 5.18. The van der Waals surface area contributed by atoms with Crippen molar-refractivity contribution in [1.29, 1.82) is 0 Å². The molecule has 4 nitrogen and oxygen atoms in total. The highest BCUT2D eigenvalue weighted by molar-refractivity contribution is 7.74. The molecule has 0 spiro atoms. The van der Waals surface area contributed by atoms with Crippen LogP contribution in [0.25, 0.3) is 0 Å². The van der Waals surface area contributed by atoms with Crippen LogP contribution in [-0.2, 0) is 16.1 Å². The van der Waals surface area contributed by atoms with E-state index in [1.165, 1.54) is 6.16 Å². The number of nitrogens with zero attached hydrogens (tertiary/aromatic N) is 1. The van der Waals surface area contributed by atoms with Crippen molar-refractivity contribution < 1.29 is 14.3 Å². The Balaban J connectivity index is 2.69. The second-order valence-electron chi connectivity index (χ2n) is 6.73. The molecule has 0 radical (unpaired) electrons. The molecule has 24 heavy (non-hydrogen) atoms. The standard InChI is InChI=1S/C19H29NO3P/c1-7-24(5,6)13-12-20(16(4)21)14-17-8-10-18(11-9-17)23-19(22)15(2)3/h8-11H,2,7,12-14H2,1,3-6H3/q+1. The van der Waals surface area contributed by atoms with Crippen molar-refractivity contribution in [2.75, 3.05) is 32.2 Å². The molecule has 1 aromatic carbocycles. The first-order valence-corrected chi connectivity index (χ1v) is 11.2. The summed E-state index contributed by atoms with van der Waals surface area (Å²) in [6.45, 7) is 15.0. The summed E-state index contributed by atoms with van der Waals surface area (Å²) in [5.41, 5.74) is 1.39. The van der Waals surface area contributed by atoms with Gasteiger partial charge >= 0.3 is 5.97 Å². The van der Waals surface area contributed by atoms with Gasteiger partial charge in [-0.3, -0.25) is 4.79 Å². The lowest BCUT2D eigenvalue weighted by molar-refractivity contribution is -0.130. The van der Waals surface area contributed by atoms with E-state index in [0.717, 1.165) is 18.3 Å². The molecule has 1 amide bonds. The molecular weight excluding hydrogens is 321 g/mol. The number of esters is 1. The number of hydrogen-bond acceptors (Lipinski definition) is 3. The maximum atomic E-state index is 11.9. The van der Waals surface area contributed by atoms with Gasteiger partial charge in [0.1, 0.15) is 5.75 Å². The Morgan fingerprint density at radius 1 is 1.17 bits per heavy atom. The molecular formula is C19H29NO3P+. The topological polar surface area (TPSA) is 46.6 Å². The van der Waals surface area contributed by atoms with Crippen molar-refractivity contribution >= 4 is 19.1 Å². The predicted molar refractivity (Wildman–Crippen MR) is 102 cm³/mol. The molecule has 1 aromatic rings. The van der Waals surface area contributed by atoms with Gasteiger partial charge in [0, 0.05) is 39.6 Å². The van der Waals surface area contributed by atoms with Crippen LogP contribution in [0.2, 0.25) is 0 Å². The van der Waals surface area contributed by atoms with Gasteiger partial charge in [0.2, 0.25) is 5.91 Å². The third-order valence-electron chi connectivity index (χ3n) is 4.13. The molecule has 0 aliphatic heterocycles. The average Bonchev–Trinajstić information content (AvgIpc) is 2.52. The van der Waals surface area contributed by atoms with Crippen molar-refractivity contribution in [2.45, 2.75) is 27.3 Å². The smallest absolute Gasteiger partial charge is 0.338 e. The summed E-state index contributed by atoms with van der Waals surface area (Å²) in [7, 11) is -0.915. The third kappa shape index (κ3) is 6.84. The Morgan fingerprint density at radius 3 is 2.21 bits per heavy atom. The van der Waals surface area contributed by atoms with Crippen LogP contribution in [0.4, 0.5) is 0 Å². The minimum atomic E-state index is -0.915. The van der Waals surface area contributed by atoms with E-state index in [1.807, 2.05) is 17.0 Å². The van der Waals surface area contributed by atoms with Crippen molar-refractivity contribution in [2.24, 2.45) is 0 Å². The van der Waals surface area contributed by atoms with Crippen LogP contribution in [-0.4, -0.2) is 49.0 Å². The monoisotopic (exact) mass is 350 g/mol. The molecule has 0 saturated heterocycles. The number of carbonyl (C=O) groups is 2. The number of benzene rings is 1. The van der Waals surface area contributed by atoms with Crippen LogP contribution in [0.15, 0.2) is 36.4 Å². The van der Waals surface area contributed by atoms with E-state index in [4.69, 9.17) is 4.74 Å². The highest BCUT2D eigenvalue weighted by atomic mass is 31.2. The van der Waals surface area contributed by atoms with Gasteiger partial charge in [-0.2, -0.15) is 0 Å². The summed E-state index contributed by atoms with van der Waals surface area (Å²) in [6.07, 6.45) is 2.28. The molecule has 0 atom stereocenters. The predicted octanol–water partition coefficient (Wildman–Crippen LogP) is 3.81.